The first-order valence-electron chi connectivity index (χ1n) is 5.59. The van der Waals surface area contributed by atoms with Crippen LogP contribution in [0.1, 0.15) is 24.1 Å². The molecule has 2 nitrogen and oxygen atoms in total. The molecule has 1 atom stereocenters. The normalized spacial score (nSPS) is 12.2. The third-order valence-corrected chi connectivity index (χ3v) is 3.07. The molecule has 0 amide bonds. The lowest BCUT2D eigenvalue weighted by Crippen LogP contribution is -2.06. The van der Waals surface area contributed by atoms with Gasteiger partial charge in [0.1, 0.15) is 0 Å². The molecule has 2 rings (SSSR count). The molecule has 0 aliphatic heterocycles. The maximum Gasteiger partial charge on any atom is 0.0500 e. The minimum absolute atomic E-state index is 0.248. The number of nitrogens with one attached hydrogen (secondary N) is 1. The lowest BCUT2D eigenvalue weighted by molar-refractivity contribution is 0.875. The first kappa shape index (κ1) is 12.1. The molecule has 1 aromatic heterocycles. The van der Waals surface area contributed by atoms with Crippen molar-refractivity contribution in [3.63, 3.8) is 0 Å². The molecule has 3 heteroatoms. The van der Waals surface area contributed by atoms with E-state index in [0.29, 0.717) is 0 Å². The molecular formula is C14H15BrN2. The molecule has 0 saturated carbocycles. The van der Waals surface area contributed by atoms with Crippen molar-refractivity contribution in [2.24, 2.45) is 0 Å². The highest BCUT2D eigenvalue weighted by atomic mass is 79.9. The van der Waals surface area contributed by atoms with E-state index in [1.54, 1.807) is 6.20 Å². The van der Waals surface area contributed by atoms with Crippen LogP contribution in [0.2, 0.25) is 0 Å². The second kappa shape index (κ2) is 5.32. The fraction of sp³-hybridized carbons (Fsp3) is 0.214. The second-order valence-corrected chi connectivity index (χ2v) is 5.09. The van der Waals surface area contributed by atoms with Gasteiger partial charge in [0, 0.05) is 22.6 Å². The zero-order valence-electron chi connectivity index (χ0n) is 9.94. The molecule has 88 valence electrons. The van der Waals surface area contributed by atoms with Crippen LogP contribution in [0.25, 0.3) is 0 Å². The van der Waals surface area contributed by atoms with Crippen LogP contribution in [0.5, 0.6) is 0 Å². The second-order valence-electron chi connectivity index (χ2n) is 4.17. The zero-order valence-corrected chi connectivity index (χ0v) is 11.5. The number of hydrogen-bond donors (Lipinski definition) is 1. The van der Waals surface area contributed by atoms with Gasteiger partial charge in [-0.2, -0.15) is 0 Å². The Bertz CT molecular complexity index is 477. The van der Waals surface area contributed by atoms with Gasteiger partial charge in [0.25, 0.3) is 0 Å². The van der Waals surface area contributed by atoms with E-state index >= 15 is 0 Å². The Balaban J connectivity index is 2.16. The van der Waals surface area contributed by atoms with Gasteiger partial charge in [0.05, 0.1) is 6.04 Å². The number of aryl methyl sites for hydroxylation is 1. The first-order valence-corrected chi connectivity index (χ1v) is 6.38. The van der Waals surface area contributed by atoms with Gasteiger partial charge in [0.2, 0.25) is 0 Å². The molecule has 0 bridgehead atoms. The van der Waals surface area contributed by atoms with Crippen molar-refractivity contribution in [2.75, 3.05) is 5.32 Å². The molecule has 1 unspecified atom stereocenters. The highest BCUT2D eigenvalue weighted by Crippen LogP contribution is 2.23. The van der Waals surface area contributed by atoms with Crippen molar-refractivity contribution >= 4 is 21.6 Å². The van der Waals surface area contributed by atoms with Crippen molar-refractivity contribution in [2.45, 2.75) is 19.9 Å². The summed E-state index contributed by atoms with van der Waals surface area (Å²) in [6, 6.07) is 10.6. The molecule has 17 heavy (non-hydrogen) atoms. The number of hydrogen-bond acceptors (Lipinski definition) is 2. The summed E-state index contributed by atoms with van der Waals surface area (Å²) in [5.74, 6) is 0. The Morgan fingerprint density at radius 2 is 2.12 bits per heavy atom. The Kier molecular flexibility index (Phi) is 3.79. The molecule has 0 radical (unpaired) electrons. The van der Waals surface area contributed by atoms with Crippen LogP contribution >= 0.6 is 15.9 Å². The number of benzene rings is 1. The molecule has 1 N–H and O–H groups in total. The Hall–Kier alpha value is -1.35. The molecule has 0 aliphatic carbocycles. The monoisotopic (exact) mass is 290 g/mol. The van der Waals surface area contributed by atoms with Crippen LogP contribution in [0, 0.1) is 6.92 Å². The number of aromatic nitrogens is 1. The number of anilines is 1. The summed E-state index contributed by atoms with van der Waals surface area (Å²) in [5, 5.41) is 3.47. The Morgan fingerprint density at radius 1 is 1.29 bits per heavy atom. The summed E-state index contributed by atoms with van der Waals surface area (Å²) in [5.41, 5.74) is 3.54. The van der Waals surface area contributed by atoms with Gasteiger partial charge >= 0.3 is 0 Å². The van der Waals surface area contributed by atoms with E-state index in [0.717, 1.165) is 10.2 Å². The summed E-state index contributed by atoms with van der Waals surface area (Å²) >= 11 is 3.51. The lowest BCUT2D eigenvalue weighted by Gasteiger charge is -2.16. The summed E-state index contributed by atoms with van der Waals surface area (Å²) in [4.78, 5) is 4.13. The third kappa shape index (κ3) is 3.30. The van der Waals surface area contributed by atoms with Gasteiger partial charge in [-0.25, -0.2) is 0 Å². The van der Waals surface area contributed by atoms with Crippen LogP contribution in [-0.4, -0.2) is 4.98 Å². The molecule has 2 aromatic rings. The van der Waals surface area contributed by atoms with Crippen molar-refractivity contribution in [3.8, 4) is 0 Å². The molecule has 0 fully saturated rings. The van der Waals surface area contributed by atoms with Crippen LogP contribution in [0.15, 0.2) is 47.2 Å². The predicted molar refractivity (Wildman–Crippen MR) is 75.2 cm³/mol. The summed E-state index contributed by atoms with van der Waals surface area (Å²) in [6.45, 7) is 4.22. The zero-order chi connectivity index (χ0) is 12.3. The number of rotatable bonds is 3. The SMILES string of the molecule is Cc1cc(Br)cc(NC(C)c2cccnc2)c1. The topological polar surface area (TPSA) is 24.9 Å². The van der Waals surface area contributed by atoms with Crippen molar-refractivity contribution in [3.05, 3.63) is 58.3 Å². The average molecular weight is 291 g/mol. The minimum Gasteiger partial charge on any atom is -0.378 e. The van der Waals surface area contributed by atoms with Gasteiger partial charge in [-0.05, 0) is 49.2 Å². The van der Waals surface area contributed by atoms with Crippen molar-refractivity contribution < 1.29 is 0 Å². The van der Waals surface area contributed by atoms with Gasteiger partial charge in [-0.1, -0.05) is 22.0 Å². The summed E-state index contributed by atoms with van der Waals surface area (Å²) in [7, 11) is 0. The van der Waals surface area contributed by atoms with E-state index in [9.17, 15) is 0 Å². The smallest absolute Gasteiger partial charge is 0.0500 e. The van der Waals surface area contributed by atoms with Gasteiger partial charge in [-0.3, -0.25) is 4.98 Å². The highest BCUT2D eigenvalue weighted by molar-refractivity contribution is 9.10. The molecule has 1 aromatic carbocycles. The van der Waals surface area contributed by atoms with E-state index in [-0.39, 0.29) is 6.04 Å². The number of halogens is 1. The van der Waals surface area contributed by atoms with Crippen LogP contribution < -0.4 is 5.32 Å². The summed E-state index contributed by atoms with van der Waals surface area (Å²) < 4.78 is 1.10. The van der Waals surface area contributed by atoms with Crippen LogP contribution in [-0.2, 0) is 0 Å². The van der Waals surface area contributed by atoms with E-state index < -0.39 is 0 Å². The molecule has 0 spiro atoms. The average Bonchev–Trinajstić information content (AvgIpc) is 2.28. The van der Waals surface area contributed by atoms with Gasteiger partial charge in [-0.15, -0.1) is 0 Å². The van der Waals surface area contributed by atoms with E-state index in [1.807, 2.05) is 12.3 Å². The molecule has 0 aliphatic rings. The van der Waals surface area contributed by atoms with Crippen LogP contribution in [0.3, 0.4) is 0 Å². The maximum atomic E-state index is 4.13. The maximum absolute atomic E-state index is 4.13. The first-order chi connectivity index (χ1) is 8.15. The fourth-order valence-corrected chi connectivity index (χ4v) is 2.39. The number of nitrogens with zero attached hydrogens (tertiary/aromatic N) is 1. The van der Waals surface area contributed by atoms with Crippen molar-refractivity contribution in [1.82, 2.24) is 4.98 Å². The number of pyridine rings is 1. The van der Waals surface area contributed by atoms with Gasteiger partial charge in [0.15, 0.2) is 0 Å². The van der Waals surface area contributed by atoms with Gasteiger partial charge < -0.3 is 5.32 Å². The van der Waals surface area contributed by atoms with Crippen LogP contribution in [0.4, 0.5) is 5.69 Å². The lowest BCUT2D eigenvalue weighted by atomic mass is 10.1. The fourth-order valence-electron chi connectivity index (χ4n) is 1.79. The quantitative estimate of drug-likeness (QED) is 0.910. The summed E-state index contributed by atoms with van der Waals surface area (Å²) in [6.07, 6.45) is 3.68. The van der Waals surface area contributed by atoms with E-state index in [4.69, 9.17) is 0 Å². The molecule has 0 saturated heterocycles. The predicted octanol–water partition coefficient (Wildman–Crippen LogP) is 4.33. The highest BCUT2D eigenvalue weighted by Gasteiger charge is 2.05. The van der Waals surface area contributed by atoms with E-state index in [1.165, 1.54) is 11.1 Å². The Labute approximate surface area is 110 Å². The largest absolute Gasteiger partial charge is 0.378 e. The molecular weight excluding hydrogens is 276 g/mol. The molecule has 1 heterocycles. The Morgan fingerprint density at radius 3 is 2.76 bits per heavy atom. The minimum atomic E-state index is 0.248. The van der Waals surface area contributed by atoms with Crippen molar-refractivity contribution in [1.29, 1.82) is 0 Å². The standard InChI is InChI=1S/C14H15BrN2/c1-10-6-13(15)8-14(7-10)17-11(2)12-4-3-5-16-9-12/h3-9,11,17H,1-2H3. The third-order valence-electron chi connectivity index (χ3n) is 2.61. The van der Waals surface area contributed by atoms with E-state index in [2.05, 4.69) is 64.3 Å².